The predicted molar refractivity (Wildman–Crippen MR) is 160 cm³/mol. The number of thioether (sulfide) groups is 1. The molecule has 6 rings (SSSR count). The highest BCUT2D eigenvalue weighted by atomic mass is 32.2. The molecule has 1 unspecified atom stereocenters. The van der Waals surface area contributed by atoms with Crippen LogP contribution in [0.4, 0.5) is 9.52 Å². The van der Waals surface area contributed by atoms with Gasteiger partial charge in [0, 0.05) is 11.9 Å². The molecule has 1 amide bonds. The van der Waals surface area contributed by atoms with E-state index in [1.807, 2.05) is 19.1 Å². The summed E-state index contributed by atoms with van der Waals surface area (Å²) in [5.74, 6) is -2.39. The maximum atomic E-state index is 14.1. The zero-order chi connectivity index (χ0) is 30.4. The van der Waals surface area contributed by atoms with Crippen molar-refractivity contribution in [2.24, 2.45) is 0 Å². The van der Waals surface area contributed by atoms with Crippen molar-refractivity contribution in [1.82, 2.24) is 19.6 Å². The molecule has 1 aliphatic rings. The molecule has 0 spiro atoms. The number of aromatic nitrogens is 4. The van der Waals surface area contributed by atoms with Gasteiger partial charge in [0.2, 0.25) is 5.13 Å². The number of aliphatic hydroxyl groups excluding tert-OH is 1. The largest absolute Gasteiger partial charge is 0.505 e. The fraction of sp³-hybridized carbons (Fsp3) is 0.167. The molecule has 0 aliphatic carbocycles. The Morgan fingerprint density at radius 3 is 2.65 bits per heavy atom. The summed E-state index contributed by atoms with van der Waals surface area (Å²) in [5.41, 5.74) is 2.85. The second-order valence-corrected chi connectivity index (χ2v) is 11.9. The van der Waals surface area contributed by atoms with E-state index in [1.54, 1.807) is 35.7 Å². The molecule has 1 fully saturated rings. The van der Waals surface area contributed by atoms with Crippen molar-refractivity contribution < 1.29 is 28.9 Å². The summed E-state index contributed by atoms with van der Waals surface area (Å²) >= 11 is 2.30. The normalized spacial score (nSPS) is 16.4. The molecule has 1 atom stereocenters. The van der Waals surface area contributed by atoms with Gasteiger partial charge in [-0.05, 0) is 54.8 Å². The Labute approximate surface area is 253 Å². The maximum Gasteiger partial charge on any atom is 0.301 e. The number of halogens is 1. The van der Waals surface area contributed by atoms with Gasteiger partial charge in [-0.25, -0.2) is 9.37 Å². The fourth-order valence-corrected chi connectivity index (χ4v) is 6.85. The van der Waals surface area contributed by atoms with Crippen molar-refractivity contribution in [1.29, 1.82) is 0 Å². The van der Waals surface area contributed by atoms with E-state index < -0.39 is 23.5 Å². The molecule has 43 heavy (non-hydrogen) atoms. The van der Waals surface area contributed by atoms with Gasteiger partial charge in [0.25, 0.3) is 5.78 Å². The molecule has 13 heteroatoms. The van der Waals surface area contributed by atoms with E-state index >= 15 is 0 Å². The highest BCUT2D eigenvalue weighted by Crippen LogP contribution is 2.45. The minimum atomic E-state index is -1.14. The minimum absolute atomic E-state index is 0.108. The smallest absolute Gasteiger partial charge is 0.301 e. The van der Waals surface area contributed by atoms with Crippen LogP contribution < -0.4 is 9.64 Å². The lowest BCUT2D eigenvalue weighted by Crippen LogP contribution is -2.29. The van der Waals surface area contributed by atoms with Gasteiger partial charge < -0.3 is 19.4 Å². The molecular formula is C30H24FN5O5S2. The number of hydrogen-bond donors (Lipinski definition) is 2. The first-order valence-corrected chi connectivity index (χ1v) is 14.8. The zero-order valence-corrected chi connectivity index (χ0v) is 24.7. The highest BCUT2D eigenvalue weighted by Gasteiger charge is 2.49. The number of Topliss-reactive ketones (excluding diaryl/α,β-unsaturated/α-hetero) is 1. The molecule has 0 bridgehead atoms. The number of anilines is 1. The number of phenols is 1. The van der Waals surface area contributed by atoms with Crippen LogP contribution in [0.2, 0.25) is 0 Å². The average molecular weight is 618 g/mol. The van der Waals surface area contributed by atoms with Gasteiger partial charge in [0.1, 0.15) is 17.2 Å². The van der Waals surface area contributed by atoms with Crippen LogP contribution in [0.1, 0.15) is 34.1 Å². The predicted octanol–water partition coefficient (Wildman–Crippen LogP) is 5.57. The van der Waals surface area contributed by atoms with Gasteiger partial charge in [-0.1, -0.05) is 53.4 Å². The number of pyridine rings is 1. The lowest BCUT2D eigenvalue weighted by Gasteiger charge is -2.23. The van der Waals surface area contributed by atoms with E-state index in [0.29, 0.717) is 26.8 Å². The topological polar surface area (TPSA) is 130 Å². The molecule has 10 nitrogen and oxygen atoms in total. The second-order valence-electron chi connectivity index (χ2n) is 9.76. The minimum Gasteiger partial charge on any atom is -0.505 e. The van der Waals surface area contributed by atoms with Crippen molar-refractivity contribution >= 4 is 51.3 Å². The Kier molecular flexibility index (Phi) is 7.36. The van der Waals surface area contributed by atoms with E-state index in [1.165, 1.54) is 48.0 Å². The van der Waals surface area contributed by atoms with Crippen LogP contribution in [0.25, 0.3) is 11.4 Å². The van der Waals surface area contributed by atoms with E-state index in [2.05, 4.69) is 15.2 Å². The summed E-state index contributed by atoms with van der Waals surface area (Å²) in [6, 6.07) is 13.4. The lowest BCUT2D eigenvalue weighted by atomic mass is 9.96. The summed E-state index contributed by atoms with van der Waals surface area (Å²) in [4.78, 5) is 33.0. The Hall–Kier alpha value is -4.75. The van der Waals surface area contributed by atoms with E-state index in [0.717, 1.165) is 16.9 Å². The summed E-state index contributed by atoms with van der Waals surface area (Å²) in [5, 5.41) is 30.4. The number of phenolic OH excluding ortho intramolecular Hbond substituents is 1. The highest BCUT2D eigenvalue weighted by molar-refractivity contribution is 8.00. The number of amides is 1. The van der Waals surface area contributed by atoms with Gasteiger partial charge in [-0.15, -0.1) is 10.2 Å². The van der Waals surface area contributed by atoms with Crippen molar-refractivity contribution in [3.05, 3.63) is 100 Å². The SMILES string of the molecule is COc1cc(C2/C(=C(\O)c3nc4c(C)cccn4c3C)C(=O)C(=O)N2c2nnc(SCc3ccccc3F)s2)ccc1O. The van der Waals surface area contributed by atoms with Crippen LogP contribution in [-0.2, 0) is 15.3 Å². The quantitative estimate of drug-likeness (QED) is 0.0791. The van der Waals surface area contributed by atoms with Crippen molar-refractivity contribution in [3.63, 3.8) is 0 Å². The van der Waals surface area contributed by atoms with Crippen LogP contribution in [0.3, 0.4) is 0 Å². The summed E-state index contributed by atoms with van der Waals surface area (Å²) in [6.07, 6.45) is 1.80. The Morgan fingerprint density at radius 2 is 1.91 bits per heavy atom. The van der Waals surface area contributed by atoms with E-state index in [9.17, 15) is 24.2 Å². The van der Waals surface area contributed by atoms with Crippen molar-refractivity contribution in [2.75, 3.05) is 12.0 Å². The third-order valence-corrected chi connectivity index (χ3v) is 9.29. The number of imidazole rings is 1. The first-order chi connectivity index (χ1) is 20.7. The third-order valence-electron chi connectivity index (χ3n) is 7.18. The third kappa shape index (κ3) is 4.89. The molecule has 2 N–H and O–H groups in total. The van der Waals surface area contributed by atoms with Crippen LogP contribution in [-0.4, -0.2) is 48.6 Å². The maximum absolute atomic E-state index is 14.1. The standard InChI is InChI=1S/C30H24FN5O5S2/c1-15-7-6-12-35-16(2)23(32-27(15)35)25(38)22-24(17-10-11-20(37)21(13-17)41-3)36(28(40)26(22)39)29-33-34-30(43-29)42-14-18-8-4-5-9-19(18)31/h4-13,24,37-38H,14H2,1-3H3/b25-22+. The first-order valence-electron chi connectivity index (χ1n) is 13.0. The summed E-state index contributed by atoms with van der Waals surface area (Å²) in [6.45, 7) is 3.64. The van der Waals surface area contributed by atoms with Crippen LogP contribution >= 0.6 is 23.1 Å². The zero-order valence-electron chi connectivity index (χ0n) is 23.1. The summed E-state index contributed by atoms with van der Waals surface area (Å²) in [7, 11) is 1.38. The molecule has 1 aliphatic heterocycles. The molecule has 0 saturated carbocycles. The van der Waals surface area contributed by atoms with Gasteiger partial charge >= 0.3 is 5.91 Å². The van der Waals surface area contributed by atoms with Gasteiger partial charge in [-0.2, -0.15) is 0 Å². The number of fused-ring (bicyclic) bond motifs is 1. The number of nitrogens with zero attached hydrogens (tertiary/aromatic N) is 5. The molecule has 218 valence electrons. The van der Waals surface area contributed by atoms with Crippen molar-refractivity contribution in [2.45, 2.75) is 30.0 Å². The molecule has 2 aromatic carbocycles. The fourth-order valence-electron chi connectivity index (χ4n) is 5.00. The number of carbonyl (C=O) groups is 2. The number of hydrogen-bond acceptors (Lipinski definition) is 10. The lowest BCUT2D eigenvalue weighted by molar-refractivity contribution is -0.132. The molecule has 5 aromatic rings. The molecule has 3 aromatic heterocycles. The summed E-state index contributed by atoms with van der Waals surface area (Å²) < 4.78 is 21.7. The van der Waals surface area contributed by atoms with Crippen LogP contribution in [0.5, 0.6) is 11.5 Å². The molecule has 1 saturated heterocycles. The number of benzene rings is 2. The number of aromatic hydroxyl groups is 1. The number of carbonyl (C=O) groups excluding carboxylic acids is 2. The monoisotopic (exact) mass is 617 g/mol. The van der Waals surface area contributed by atoms with E-state index in [4.69, 9.17) is 4.74 Å². The number of aliphatic hydroxyl groups is 1. The molecular weight excluding hydrogens is 593 g/mol. The Balaban J connectivity index is 1.47. The number of methoxy groups -OCH3 is 1. The Bertz CT molecular complexity index is 1950. The van der Waals surface area contributed by atoms with Crippen LogP contribution in [0, 0.1) is 19.7 Å². The molecule has 4 heterocycles. The number of ether oxygens (including phenoxy) is 1. The first kappa shape index (κ1) is 28.4. The number of rotatable bonds is 7. The molecule has 0 radical (unpaired) electrons. The van der Waals surface area contributed by atoms with Gasteiger partial charge in [-0.3, -0.25) is 14.5 Å². The average Bonchev–Trinajstić information content (AvgIpc) is 3.68. The van der Waals surface area contributed by atoms with Gasteiger partial charge in [0.05, 0.1) is 24.4 Å². The van der Waals surface area contributed by atoms with Gasteiger partial charge in [0.15, 0.2) is 21.6 Å². The number of ketones is 1. The second kappa shape index (κ2) is 11.2. The van der Waals surface area contributed by atoms with E-state index in [-0.39, 0.29) is 39.5 Å². The van der Waals surface area contributed by atoms with Crippen LogP contribution in [0.15, 0.2) is 70.7 Å². The Morgan fingerprint density at radius 1 is 1.12 bits per heavy atom. The number of aryl methyl sites for hydroxylation is 2. The van der Waals surface area contributed by atoms with Crippen molar-refractivity contribution in [3.8, 4) is 11.5 Å².